The Hall–Kier alpha value is -1.32. The van der Waals surface area contributed by atoms with Gasteiger partial charge in [0.15, 0.2) is 0 Å². The van der Waals surface area contributed by atoms with Crippen molar-refractivity contribution in [1.82, 2.24) is 5.32 Å². The summed E-state index contributed by atoms with van der Waals surface area (Å²) in [6.07, 6.45) is 0. The van der Waals surface area contributed by atoms with Crippen LogP contribution in [0.15, 0.2) is 46.9 Å². The molecule has 0 aliphatic carbocycles. The van der Waals surface area contributed by atoms with Crippen LogP contribution in [0.2, 0.25) is 0 Å². The van der Waals surface area contributed by atoms with E-state index < -0.39 is 0 Å². The van der Waals surface area contributed by atoms with Crippen LogP contribution in [-0.4, -0.2) is 7.05 Å². The molecule has 0 fully saturated rings. The highest BCUT2D eigenvalue weighted by Crippen LogP contribution is 2.26. The summed E-state index contributed by atoms with van der Waals surface area (Å²) in [5.74, 6) is 1.70. The van der Waals surface area contributed by atoms with Crippen molar-refractivity contribution in [2.24, 2.45) is 0 Å². The minimum atomic E-state index is 0.838. The number of rotatable bonds is 4. The van der Waals surface area contributed by atoms with Crippen molar-refractivity contribution >= 4 is 15.9 Å². The molecule has 0 amide bonds. The van der Waals surface area contributed by atoms with Crippen LogP contribution in [-0.2, 0) is 6.54 Å². The van der Waals surface area contributed by atoms with Gasteiger partial charge in [0, 0.05) is 11.0 Å². The van der Waals surface area contributed by atoms with Crippen LogP contribution in [0.5, 0.6) is 11.5 Å². The van der Waals surface area contributed by atoms with Crippen molar-refractivity contribution in [3.8, 4) is 11.5 Å². The molecule has 0 aliphatic rings. The van der Waals surface area contributed by atoms with E-state index in [1.165, 1.54) is 11.1 Å². The van der Waals surface area contributed by atoms with Crippen LogP contribution < -0.4 is 10.1 Å². The van der Waals surface area contributed by atoms with Crippen molar-refractivity contribution in [2.75, 3.05) is 7.05 Å². The largest absolute Gasteiger partial charge is 0.457 e. The van der Waals surface area contributed by atoms with Gasteiger partial charge < -0.3 is 10.1 Å². The zero-order valence-corrected chi connectivity index (χ0v) is 12.1. The van der Waals surface area contributed by atoms with Crippen molar-refractivity contribution < 1.29 is 4.74 Å². The van der Waals surface area contributed by atoms with E-state index in [0.717, 1.165) is 22.5 Å². The summed E-state index contributed by atoms with van der Waals surface area (Å²) in [5, 5.41) is 3.15. The number of ether oxygens (including phenoxy) is 1. The van der Waals surface area contributed by atoms with Gasteiger partial charge in [-0.15, -0.1) is 0 Å². The Morgan fingerprint density at radius 1 is 1.11 bits per heavy atom. The van der Waals surface area contributed by atoms with E-state index in [9.17, 15) is 0 Å². The Morgan fingerprint density at radius 2 is 1.89 bits per heavy atom. The van der Waals surface area contributed by atoms with E-state index in [4.69, 9.17) is 4.74 Å². The van der Waals surface area contributed by atoms with Gasteiger partial charge in [-0.3, -0.25) is 0 Å². The molecular formula is C15H16BrNO. The molecule has 0 atom stereocenters. The van der Waals surface area contributed by atoms with Gasteiger partial charge >= 0.3 is 0 Å². The molecule has 0 saturated carbocycles. The maximum atomic E-state index is 5.82. The lowest BCUT2D eigenvalue weighted by molar-refractivity contribution is 0.481. The molecule has 0 unspecified atom stereocenters. The quantitative estimate of drug-likeness (QED) is 0.911. The second kappa shape index (κ2) is 6.03. The van der Waals surface area contributed by atoms with Crippen LogP contribution in [0.3, 0.4) is 0 Å². The van der Waals surface area contributed by atoms with Gasteiger partial charge in [0.2, 0.25) is 0 Å². The highest BCUT2D eigenvalue weighted by atomic mass is 79.9. The first-order chi connectivity index (χ1) is 8.69. The molecule has 2 aromatic rings. The van der Waals surface area contributed by atoms with Crippen molar-refractivity contribution in [3.63, 3.8) is 0 Å². The molecule has 94 valence electrons. The minimum absolute atomic E-state index is 0.838. The molecule has 0 radical (unpaired) electrons. The summed E-state index contributed by atoms with van der Waals surface area (Å²) < 4.78 is 6.84. The molecule has 1 N–H and O–H groups in total. The van der Waals surface area contributed by atoms with E-state index in [2.05, 4.69) is 40.3 Å². The van der Waals surface area contributed by atoms with Crippen molar-refractivity contribution in [1.29, 1.82) is 0 Å². The average Bonchev–Trinajstić information content (AvgIpc) is 2.33. The average molecular weight is 306 g/mol. The molecule has 0 aromatic heterocycles. The highest BCUT2D eigenvalue weighted by Gasteiger charge is 2.02. The summed E-state index contributed by atoms with van der Waals surface area (Å²) in [6.45, 7) is 2.98. The van der Waals surface area contributed by atoms with Crippen molar-refractivity contribution in [2.45, 2.75) is 13.5 Å². The lowest BCUT2D eigenvalue weighted by Crippen LogP contribution is -2.06. The van der Waals surface area contributed by atoms with E-state index in [1.807, 2.05) is 37.4 Å². The molecule has 0 bridgehead atoms. The van der Waals surface area contributed by atoms with E-state index >= 15 is 0 Å². The Balaban J connectivity index is 2.17. The first-order valence-corrected chi connectivity index (χ1v) is 6.66. The summed E-state index contributed by atoms with van der Waals surface area (Å²) in [5.41, 5.74) is 2.52. The number of aryl methyl sites for hydroxylation is 1. The van der Waals surface area contributed by atoms with E-state index in [0.29, 0.717) is 0 Å². The molecule has 2 rings (SSSR count). The maximum Gasteiger partial charge on any atom is 0.128 e. The van der Waals surface area contributed by atoms with Gasteiger partial charge in [-0.05, 0) is 55.4 Å². The van der Waals surface area contributed by atoms with Gasteiger partial charge in [0.05, 0.1) is 0 Å². The molecular weight excluding hydrogens is 290 g/mol. The molecule has 3 heteroatoms. The molecule has 2 aromatic carbocycles. The van der Waals surface area contributed by atoms with Crippen LogP contribution in [0.25, 0.3) is 0 Å². The van der Waals surface area contributed by atoms with Gasteiger partial charge in [-0.25, -0.2) is 0 Å². The topological polar surface area (TPSA) is 21.3 Å². The Kier molecular flexibility index (Phi) is 4.39. The smallest absolute Gasteiger partial charge is 0.128 e. The van der Waals surface area contributed by atoms with E-state index in [1.54, 1.807) is 0 Å². The van der Waals surface area contributed by atoms with Crippen LogP contribution in [0.1, 0.15) is 11.1 Å². The molecule has 0 saturated heterocycles. The fourth-order valence-electron chi connectivity index (χ4n) is 1.79. The highest BCUT2D eigenvalue weighted by molar-refractivity contribution is 9.10. The number of nitrogens with one attached hydrogen (secondary N) is 1. The van der Waals surface area contributed by atoms with Gasteiger partial charge in [-0.1, -0.05) is 28.1 Å². The van der Waals surface area contributed by atoms with Crippen LogP contribution in [0, 0.1) is 6.92 Å². The fourth-order valence-corrected chi connectivity index (χ4v) is 2.17. The standard InChI is InChI=1S/C15H16BrNO/c1-11-8-15(7-6-12(11)10-17-2)18-14-5-3-4-13(16)9-14/h3-9,17H,10H2,1-2H3. The number of hydrogen-bond donors (Lipinski definition) is 1. The van der Waals surface area contributed by atoms with Crippen LogP contribution in [0.4, 0.5) is 0 Å². The van der Waals surface area contributed by atoms with Gasteiger partial charge in [0.1, 0.15) is 11.5 Å². The molecule has 18 heavy (non-hydrogen) atoms. The summed E-state index contributed by atoms with van der Waals surface area (Å²) in [7, 11) is 1.95. The lowest BCUT2D eigenvalue weighted by atomic mass is 10.1. The normalized spacial score (nSPS) is 10.4. The monoisotopic (exact) mass is 305 g/mol. The Morgan fingerprint density at radius 3 is 2.56 bits per heavy atom. The Labute approximate surface area is 116 Å². The first kappa shape index (κ1) is 13.1. The van der Waals surface area contributed by atoms with Gasteiger partial charge in [-0.2, -0.15) is 0 Å². The zero-order chi connectivity index (χ0) is 13.0. The summed E-state index contributed by atoms with van der Waals surface area (Å²) in [6, 6.07) is 14.0. The van der Waals surface area contributed by atoms with Crippen molar-refractivity contribution in [3.05, 3.63) is 58.1 Å². The lowest BCUT2D eigenvalue weighted by Gasteiger charge is -2.10. The predicted octanol–water partition coefficient (Wildman–Crippen LogP) is 4.27. The second-order valence-electron chi connectivity index (χ2n) is 4.18. The van der Waals surface area contributed by atoms with Crippen LogP contribution >= 0.6 is 15.9 Å². The maximum absolute atomic E-state index is 5.82. The first-order valence-electron chi connectivity index (χ1n) is 5.86. The van der Waals surface area contributed by atoms with E-state index in [-0.39, 0.29) is 0 Å². The molecule has 0 heterocycles. The zero-order valence-electron chi connectivity index (χ0n) is 10.5. The second-order valence-corrected chi connectivity index (χ2v) is 5.09. The Bertz CT molecular complexity index is 540. The molecule has 2 nitrogen and oxygen atoms in total. The predicted molar refractivity (Wildman–Crippen MR) is 78.2 cm³/mol. The summed E-state index contributed by atoms with van der Waals surface area (Å²) in [4.78, 5) is 0. The third kappa shape index (κ3) is 3.34. The number of benzene rings is 2. The third-order valence-electron chi connectivity index (χ3n) is 2.71. The molecule has 0 aliphatic heterocycles. The minimum Gasteiger partial charge on any atom is -0.457 e. The summed E-state index contributed by atoms with van der Waals surface area (Å²) >= 11 is 3.43. The SMILES string of the molecule is CNCc1ccc(Oc2cccc(Br)c2)cc1C. The number of halogens is 1. The van der Waals surface area contributed by atoms with Gasteiger partial charge in [0.25, 0.3) is 0 Å². The fraction of sp³-hybridized carbons (Fsp3) is 0.200. The molecule has 0 spiro atoms. The number of hydrogen-bond acceptors (Lipinski definition) is 2. The third-order valence-corrected chi connectivity index (χ3v) is 3.21.